The van der Waals surface area contributed by atoms with Crippen molar-refractivity contribution in [2.24, 2.45) is 5.92 Å². The lowest BCUT2D eigenvalue weighted by atomic mass is 9.86. The third-order valence-corrected chi connectivity index (χ3v) is 6.16. The van der Waals surface area contributed by atoms with Crippen molar-refractivity contribution in [2.75, 3.05) is 7.11 Å². The molecule has 7 nitrogen and oxygen atoms in total. The van der Waals surface area contributed by atoms with E-state index in [2.05, 4.69) is 20.8 Å². The number of benzene rings is 2. The summed E-state index contributed by atoms with van der Waals surface area (Å²) in [5.41, 5.74) is 0.536. The van der Waals surface area contributed by atoms with Gasteiger partial charge in [-0.1, -0.05) is 12.1 Å². The van der Waals surface area contributed by atoms with Gasteiger partial charge in [-0.3, -0.25) is 4.79 Å². The van der Waals surface area contributed by atoms with Crippen LogP contribution in [-0.4, -0.2) is 39.3 Å². The Morgan fingerprint density at radius 2 is 1.91 bits per heavy atom. The summed E-state index contributed by atoms with van der Waals surface area (Å²) in [6, 6.07) is 9.34. The third kappa shape index (κ3) is 4.93. The van der Waals surface area contributed by atoms with Gasteiger partial charge in [0.2, 0.25) is 0 Å². The van der Waals surface area contributed by atoms with Crippen molar-refractivity contribution < 1.29 is 27.1 Å². The Bertz CT molecular complexity index is 1160. The highest BCUT2D eigenvalue weighted by atomic mass is 19.4. The average Bonchev–Trinajstić information content (AvgIpc) is 3.43. The molecule has 4 rings (SSSR count). The van der Waals surface area contributed by atoms with E-state index >= 15 is 0 Å². The zero-order valence-electron chi connectivity index (χ0n) is 18.5. The Labute approximate surface area is 193 Å². The largest absolute Gasteiger partial charge is 0.469 e. The van der Waals surface area contributed by atoms with Gasteiger partial charge in [0, 0.05) is 18.5 Å². The van der Waals surface area contributed by atoms with Crippen LogP contribution in [0.2, 0.25) is 0 Å². The maximum absolute atomic E-state index is 13.6. The highest BCUT2D eigenvalue weighted by Crippen LogP contribution is 2.41. The monoisotopic (exact) mass is 477 g/mol. The predicted octanol–water partition coefficient (Wildman–Crippen LogP) is 3.95. The van der Waals surface area contributed by atoms with Crippen molar-refractivity contribution in [1.29, 1.82) is 0 Å². The van der Waals surface area contributed by atoms with Gasteiger partial charge >= 0.3 is 12.1 Å². The molecule has 1 saturated carbocycles. The van der Waals surface area contributed by atoms with Gasteiger partial charge in [0.15, 0.2) is 5.82 Å². The summed E-state index contributed by atoms with van der Waals surface area (Å²) in [7, 11) is 1.32. The fraction of sp³-hybridized carbons (Fsp3) is 0.391. The number of aryl methyl sites for hydroxylation is 1. The molecule has 11 heteroatoms. The number of aromatic nitrogens is 4. The summed E-state index contributed by atoms with van der Waals surface area (Å²) in [6.07, 6.45) is -3.39. The molecule has 0 aliphatic heterocycles. The van der Waals surface area contributed by atoms with Gasteiger partial charge in [-0.05, 0) is 71.7 Å². The topological polar surface area (TPSA) is 81.9 Å². The predicted molar refractivity (Wildman–Crippen MR) is 113 cm³/mol. The number of methoxy groups -OCH3 is 1. The Kier molecular flexibility index (Phi) is 6.65. The van der Waals surface area contributed by atoms with Crippen molar-refractivity contribution in [3.63, 3.8) is 0 Å². The zero-order valence-corrected chi connectivity index (χ0v) is 18.5. The molecular weight excluding hydrogens is 454 g/mol. The Morgan fingerprint density at radius 1 is 1.18 bits per heavy atom. The number of hydrogen-bond acceptors (Lipinski definition) is 6. The number of carbonyl (C=O) groups is 1. The van der Waals surface area contributed by atoms with Crippen LogP contribution in [-0.2, 0) is 22.3 Å². The van der Waals surface area contributed by atoms with Crippen molar-refractivity contribution in [3.05, 3.63) is 70.8 Å². The number of rotatable bonds is 6. The number of alkyl halides is 3. The molecule has 0 saturated heterocycles. The van der Waals surface area contributed by atoms with Crippen LogP contribution in [0.5, 0.6) is 0 Å². The van der Waals surface area contributed by atoms with Gasteiger partial charge in [0.25, 0.3) is 0 Å². The van der Waals surface area contributed by atoms with Crippen LogP contribution in [0.4, 0.5) is 17.6 Å². The van der Waals surface area contributed by atoms with Crippen LogP contribution in [0.25, 0.3) is 5.69 Å². The van der Waals surface area contributed by atoms with Gasteiger partial charge in [-0.2, -0.15) is 17.9 Å². The zero-order chi connectivity index (χ0) is 24.5. The van der Waals surface area contributed by atoms with Gasteiger partial charge in [0.05, 0.1) is 24.3 Å². The highest BCUT2D eigenvalue weighted by molar-refractivity contribution is 5.74. The smallest absolute Gasteiger partial charge is 0.416 e. The van der Waals surface area contributed by atoms with E-state index in [1.54, 1.807) is 25.1 Å². The molecule has 1 aliphatic rings. The van der Waals surface area contributed by atoms with E-state index in [0.29, 0.717) is 24.2 Å². The molecule has 0 bridgehead atoms. The molecule has 1 heterocycles. The number of esters is 1. The van der Waals surface area contributed by atoms with E-state index in [0.717, 1.165) is 17.7 Å². The molecule has 3 atom stereocenters. The Balaban J connectivity index is 1.62. The second-order valence-corrected chi connectivity index (χ2v) is 8.30. The van der Waals surface area contributed by atoms with Gasteiger partial charge in [-0.25, -0.2) is 4.39 Å². The van der Waals surface area contributed by atoms with Crippen molar-refractivity contribution in [2.45, 2.75) is 44.4 Å². The number of carbonyl (C=O) groups excluding carboxylic acids is 1. The third-order valence-electron chi connectivity index (χ3n) is 6.16. The fourth-order valence-corrected chi connectivity index (χ4v) is 4.57. The lowest BCUT2D eigenvalue weighted by molar-refractivity contribution is -0.145. The van der Waals surface area contributed by atoms with Crippen LogP contribution >= 0.6 is 0 Å². The Morgan fingerprint density at radius 3 is 2.53 bits per heavy atom. The molecule has 3 aromatic rings. The van der Waals surface area contributed by atoms with E-state index in [9.17, 15) is 22.4 Å². The molecule has 180 valence electrons. The number of hydrogen-bond donors (Lipinski definition) is 1. The summed E-state index contributed by atoms with van der Waals surface area (Å²) >= 11 is 0. The number of nitrogens with zero attached hydrogens (tertiary/aromatic N) is 4. The van der Waals surface area contributed by atoms with E-state index in [-0.39, 0.29) is 30.2 Å². The Hall–Kier alpha value is -3.34. The fourth-order valence-electron chi connectivity index (χ4n) is 4.57. The minimum absolute atomic E-state index is 0.119. The maximum Gasteiger partial charge on any atom is 0.416 e. The van der Waals surface area contributed by atoms with Crippen LogP contribution in [0, 0.1) is 18.7 Å². The average molecular weight is 477 g/mol. The van der Waals surface area contributed by atoms with E-state index in [1.807, 2.05) is 0 Å². The quantitative estimate of drug-likeness (QED) is 0.428. The summed E-state index contributed by atoms with van der Waals surface area (Å²) < 4.78 is 60.3. The van der Waals surface area contributed by atoms with Gasteiger partial charge in [0.1, 0.15) is 5.82 Å². The lowest BCUT2D eigenvalue weighted by Gasteiger charge is -2.25. The molecule has 1 N–H and O–H groups in total. The summed E-state index contributed by atoms with van der Waals surface area (Å²) in [5.74, 6) is -1.15. The van der Waals surface area contributed by atoms with E-state index in [1.165, 1.54) is 23.9 Å². The first kappa shape index (κ1) is 23.8. The van der Waals surface area contributed by atoms with Crippen molar-refractivity contribution >= 4 is 5.97 Å². The van der Waals surface area contributed by atoms with E-state index in [4.69, 9.17) is 4.74 Å². The van der Waals surface area contributed by atoms with E-state index < -0.39 is 23.5 Å². The minimum Gasteiger partial charge on any atom is -0.469 e. The number of halogens is 4. The van der Waals surface area contributed by atoms with Crippen LogP contribution in [0.3, 0.4) is 0 Å². The molecule has 2 aromatic carbocycles. The molecule has 0 spiro atoms. The van der Waals surface area contributed by atoms with Crippen molar-refractivity contribution in [1.82, 2.24) is 25.5 Å². The first-order valence-corrected chi connectivity index (χ1v) is 10.7. The molecule has 0 radical (unpaired) electrons. The van der Waals surface area contributed by atoms with Gasteiger partial charge in [-0.15, -0.1) is 5.10 Å². The standard InChI is InChI=1S/C23H23F4N5O2/c1-13-29-30-31-32(13)18-10-14(9-16(11-18)23(25,26)27)12-28-20-8-7-19(22(33)34-2)21(20)15-3-5-17(24)6-4-15/h3-6,9-11,19-21,28H,7-8,12H2,1-2H3/t19-,20-,21+/m0/s1. The van der Waals surface area contributed by atoms with Crippen LogP contribution in [0.1, 0.15) is 41.3 Å². The summed E-state index contributed by atoms with van der Waals surface area (Å²) in [4.78, 5) is 12.4. The number of tetrazole rings is 1. The minimum atomic E-state index is -4.55. The normalized spacial score (nSPS) is 20.5. The molecule has 0 amide bonds. The number of ether oxygens (including phenoxy) is 1. The van der Waals surface area contributed by atoms with Crippen LogP contribution in [0.15, 0.2) is 42.5 Å². The second-order valence-electron chi connectivity index (χ2n) is 8.30. The summed E-state index contributed by atoms with van der Waals surface area (Å²) in [6.45, 7) is 1.71. The SMILES string of the molecule is COC(=O)[C@H]1CC[C@H](NCc2cc(-n3nnnc3C)cc(C(F)(F)F)c2)[C@@H]1c1ccc(F)cc1. The molecule has 34 heavy (non-hydrogen) atoms. The first-order chi connectivity index (χ1) is 16.2. The first-order valence-electron chi connectivity index (χ1n) is 10.7. The molecule has 1 aromatic heterocycles. The second kappa shape index (κ2) is 9.49. The molecule has 1 aliphatic carbocycles. The lowest BCUT2D eigenvalue weighted by Crippen LogP contribution is -2.34. The maximum atomic E-state index is 13.6. The summed E-state index contributed by atoms with van der Waals surface area (Å²) in [5, 5.41) is 14.3. The van der Waals surface area contributed by atoms with Crippen molar-refractivity contribution in [3.8, 4) is 5.69 Å². The molecule has 1 fully saturated rings. The van der Waals surface area contributed by atoms with Gasteiger partial charge < -0.3 is 10.1 Å². The molecular formula is C23H23F4N5O2. The highest BCUT2D eigenvalue weighted by Gasteiger charge is 2.41. The number of nitrogens with one attached hydrogen (secondary N) is 1. The van der Waals surface area contributed by atoms with Crippen LogP contribution < -0.4 is 5.32 Å². The molecule has 0 unspecified atom stereocenters.